The third kappa shape index (κ3) is 5.77. The molecule has 4 rings (SSSR count). The summed E-state index contributed by atoms with van der Waals surface area (Å²) in [5.74, 6) is -1.36. The van der Waals surface area contributed by atoms with Crippen LogP contribution in [0.3, 0.4) is 0 Å². The Morgan fingerprint density at radius 3 is 2.67 bits per heavy atom. The maximum Gasteiger partial charge on any atom is 0.325 e. The number of methoxy groups -OCH3 is 1. The molecule has 1 aromatic heterocycles. The minimum absolute atomic E-state index is 0.0594. The van der Waals surface area contributed by atoms with Crippen molar-refractivity contribution in [2.24, 2.45) is 10.9 Å². The standard InChI is InChI=1S/C26H31N3O5S2/c1-3-4-9-19-13-14-22-23(16-19)35-26(29(22)18-24(30)34-2)27-25(31)20-10-8-15-28(17-20)36(32,33)21-11-6-5-7-12-21/h5-7,11-14,16,20H,3-4,8-10,15,17-18H2,1-2H3. The zero-order chi connectivity index (χ0) is 25.7. The van der Waals surface area contributed by atoms with E-state index in [0.717, 1.165) is 29.5 Å². The number of carbonyl (C=O) groups is 2. The lowest BCUT2D eigenvalue weighted by molar-refractivity contribution is -0.141. The lowest BCUT2D eigenvalue weighted by Crippen LogP contribution is -2.42. The molecule has 1 fully saturated rings. The molecule has 0 spiro atoms. The molecule has 1 amide bonds. The summed E-state index contributed by atoms with van der Waals surface area (Å²) in [6.45, 7) is 2.54. The first-order valence-corrected chi connectivity index (χ1v) is 14.4. The van der Waals surface area contributed by atoms with E-state index < -0.39 is 21.9 Å². The van der Waals surface area contributed by atoms with Crippen molar-refractivity contribution in [3.63, 3.8) is 0 Å². The number of carbonyl (C=O) groups excluding carboxylic acids is 2. The number of aryl methyl sites for hydroxylation is 1. The third-order valence-electron chi connectivity index (χ3n) is 6.40. The second-order valence-electron chi connectivity index (χ2n) is 8.92. The monoisotopic (exact) mass is 529 g/mol. The predicted molar refractivity (Wildman–Crippen MR) is 139 cm³/mol. The van der Waals surface area contributed by atoms with Crippen molar-refractivity contribution in [1.82, 2.24) is 8.87 Å². The van der Waals surface area contributed by atoms with Crippen molar-refractivity contribution >= 4 is 43.5 Å². The summed E-state index contributed by atoms with van der Waals surface area (Å²) in [5, 5.41) is 0. The fourth-order valence-corrected chi connectivity index (χ4v) is 7.02. The van der Waals surface area contributed by atoms with E-state index in [1.54, 1.807) is 34.9 Å². The number of piperidine rings is 1. The number of amides is 1. The number of thiazole rings is 1. The average Bonchev–Trinajstić information content (AvgIpc) is 3.23. The van der Waals surface area contributed by atoms with Gasteiger partial charge in [0.05, 0.1) is 28.1 Å². The number of hydrogen-bond donors (Lipinski definition) is 0. The first-order chi connectivity index (χ1) is 17.3. The van der Waals surface area contributed by atoms with Gasteiger partial charge in [-0.15, -0.1) is 0 Å². The van der Waals surface area contributed by atoms with Crippen LogP contribution in [0.5, 0.6) is 0 Å². The van der Waals surface area contributed by atoms with Gasteiger partial charge >= 0.3 is 5.97 Å². The van der Waals surface area contributed by atoms with Crippen LogP contribution >= 0.6 is 11.3 Å². The predicted octanol–water partition coefficient (Wildman–Crippen LogP) is 3.75. The van der Waals surface area contributed by atoms with Crippen LogP contribution in [0.4, 0.5) is 0 Å². The molecule has 0 aliphatic carbocycles. The van der Waals surface area contributed by atoms with Crippen molar-refractivity contribution in [3.05, 3.63) is 58.9 Å². The molecule has 1 aliphatic heterocycles. The summed E-state index contributed by atoms with van der Waals surface area (Å²) < 4.78 is 35.0. The normalized spacial score (nSPS) is 17.4. The second kappa shape index (κ2) is 11.5. The van der Waals surface area contributed by atoms with Crippen LogP contribution in [0.25, 0.3) is 10.2 Å². The SMILES string of the molecule is CCCCc1ccc2c(c1)sc(=NC(=O)C1CCCN(S(=O)(=O)c3ccccc3)C1)n2CC(=O)OC. The number of sulfonamides is 1. The summed E-state index contributed by atoms with van der Waals surface area (Å²) in [7, 11) is -2.36. The maximum atomic E-state index is 13.3. The molecular weight excluding hydrogens is 498 g/mol. The Hall–Kier alpha value is -2.82. The van der Waals surface area contributed by atoms with Gasteiger partial charge in [-0.05, 0) is 55.5 Å². The summed E-state index contributed by atoms with van der Waals surface area (Å²) in [6.07, 6.45) is 4.28. The van der Waals surface area contributed by atoms with Crippen molar-refractivity contribution in [2.75, 3.05) is 20.2 Å². The number of nitrogens with zero attached hydrogens (tertiary/aromatic N) is 3. The molecule has 0 N–H and O–H groups in total. The Morgan fingerprint density at radius 2 is 1.94 bits per heavy atom. The molecule has 1 saturated heterocycles. The zero-order valence-corrected chi connectivity index (χ0v) is 22.2. The number of rotatable bonds is 8. The van der Waals surface area contributed by atoms with E-state index in [4.69, 9.17) is 4.74 Å². The molecule has 1 aliphatic rings. The number of benzene rings is 2. The highest BCUT2D eigenvalue weighted by atomic mass is 32.2. The third-order valence-corrected chi connectivity index (χ3v) is 9.32. The van der Waals surface area contributed by atoms with Crippen LogP contribution < -0.4 is 4.80 Å². The van der Waals surface area contributed by atoms with Crippen LogP contribution in [0.15, 0.2) is 58.4 Å². The van der Waals surface area contributed by atoms with E-state index in [1.165, 1.54) is 28.3 Å². The molecular formula is C26H31N3O5S2. The fraction of sp³-hybridized carbons (Fsp3) is 0.423. The van der Waals surface area contributed by atoms with E-state index in [2.05, 4.69) is 18.0 Å². The van der Waals surface area contributed by atoms with E-state index in [1.807, 2.05) is 12.1 Å². The van der Waals surface area contributed by atoms with Crippen LogP contribution in [0.2, 0.25) is 0 Å². The quantitative estimate of drug-likeness (QED) is 0.414. The maximum absolute atomic E-state index is 13.3. The van der Waals surface area contributed by atoms with Gasteiger partial charge in [0.15, 0.2) is 4.80 Å². The van der Waals surface area contributed by atoms with Gasteiger partial charge in [-0.3, -0.25) is 9.59 Å². The minimum atomic E-state index is -3.69. The first-order valence-electron chi connectivity index (χ1n) is 12.2. The van der Waals surface area contributed by atoms with Gasteiger partial charge in [0.2, 0.25) is 10.0 Å². The van der Waals surface area contributed by atoms with Crippen LogP contribution in [0, 0.1) is 5.92 Å². The number of unbranched alkanes of at least 4 members (excludes halogenated alkanes) is 1. The molecule has 0 saturated carbocycles. The highest BCUT2D eigenvalue weighted by Gasteiger charge is 2.33. The lowest BCUT2D eigenvalue weighted by Gasteiger charge is -2.30. The number of fused-ring (bicyclic) bond motifs is 1. The van der Waals surface area contributed by atoms with Gasteiger partial charge in [0, 0.05) is 13.1 Å². The second-order valence-corrected chi connectivity index (χ2v) is 11.9. The fourth-order valence-electron chi connectivity index (χ4n) is 4.38. The molecule has 10 heteroatoms. The molecule has 1 atom stereocenters. The van der Waals surface area contributed by atoms with Crippen LogP contribution in [-0.4, -0.2) is 49.4 Å². The van der Waals surface area contributed by atoms with E-state index in [-0.39, 0.29) is 23.9 Å². The van der Waals surface area contributed by atoms with Crippen LogP contribution in [-0.2, 0) is 37.3 Å². The minimum Gasteiger partial charge on any atom is -0.468 e. The molecule has 3 aromatic rings. The first kappa shape index (κ1) is 26.2. The van der Waals surface area contributed by atoms with Gasteiger partial charge in [0.1, 0.15) is 6.54 Å². The number of aromatic nitrogens is 1. The van der Waals surface area contributed by atoms with Gasteiger partial charge < -0.3 is 9.30 Å². The summed E-state index contributed by atoms with van der Waals surface area (Å²) >= 11 is 1.36. The van der Waals surface area contributed by atoms with Crippen molar-refractivity contribution < 1.29 is 22.7 Å². The van der Waals surface area contributed by atoms with E-state index in [0.29, 0.717) is 24.2 Å². The zero-order valence-electron chi connectivity index (χ0n) is 20.6. The highest BCUT2D eigenvalue weighted by molar-refractivity contribution is 7.89. The van der Waals surface area contributed by atoms with Gasteiger partial charge in [0.25, 0.3) is 5.91 Å². The molecule has 8 nitrogen and oxygen atoms in total. The molecule has 192 valence electrons. The molecule has 0 bridgehead atoms. The largest absolute Gasteiger partial charge is 0.468 e. The van der Waals surface area contributed by atoms with Crippen molar-refractivity contribution in [1.29, 1.82) is 0 Å². The Morgan fingerprint density at radius 1 is 1.17 bits per heavy atom. The Balaban J connectivity index is 1.64. The van der Waals surface area contributed by atoms with Gasteiger partial charge in [-0.25, -0.2) is 8.42 Å². The number of ether oxygens (including phenoxy) is 1. The summed E-state index contributed by atoms with van der Waals surface area (Å²) in [5.41, 5.74) is 2.01. The van der Waals surface area contributed by atoms with Crippen molar-refractivity contribution in [3.8, 4) is 0 Å². The summed E-state index contributed by atoms with van der Waals surface area (Å²) in [4.78, 5) is 30.4. The van der Waals surface area contributed by atoms with Crippen LogP contribution in [0.1, 0.15) is 38.2 Å². The molecule has 0 radical (unpaired) electrons. The molecule has 1 unspecified atom stereocenters. The Bertz CT molecular complexity index is 1410. The van der Waals surface area contributed by atoms with E-state index in [9.17, 15) is 18.0 Å². The topological polar surface area (TPSA) is 98.0 Å². The molecule has 2 heterocycles. The smallest absolute Gasteiger partial charge is 0.325 e. The highest BCUT2D eigenvalue weighted by Crippen LogP contribution is 2.25. The average molecular weight is 530 g/mol. The summed E-state index contributed by atoms with van der Waals surface area (Å²) in [6, 6.07) is 14.3. The van der Waals surface area contributed by atoms with Gasteiger partial charge in [-0.1, -0.05) is 48.9 Å². The Labute approximate surface area is 215 Å². The molecule has 2 aromatic carbocycles. The Kier molecular flexibility index (Phi) is 8.38. The number of esters is 1. The van der Waals surface area contributed by atoms with E-state index >= 15 is 0 Å². The van der Waals surface area contributed by atoms with Crippen molar-refractivity contribution in [2.45, 2.75) is 50.5 Å². The van der Waals surface area contributed by atoms with Gasteiger partial charge in [-0.2, -0.15) is 9.30 Å². The molecule has 36 heavy (non-hydrogen) atoms. The number of hydrogen-bond acceptors (Lipinski definition) is 6. The lowest BCUT2D eigenvalue weighted by atomic mass is 9.99.